The molecule has 0 spiro atoms. The fourth-order valence-electron chi connectivity index (χ4n) is 4.15. The smallest absolute Gasteiger partial charge is 0.282 e. The number of carbonyl (C=O) groups is 2. The van der Waals surface area contributed by atoms with Crippen molar-refractivity contribution in [2.24, 2.45) is 0 Å². The molecule has 4 rings (SSSR count). The first-order valence-corrected chi connectivity index (χ1v) is 11.7. The zero-order chi connectivity index (χ0) is 23.4. The lowest BCUT2D eigenvalue weighted by Gasteiger charge is -2.25. The number of rotatable bonds is 8. The summed E-state index contributed by atoms with van der Waals surface area (Å²) in [6, 6.07) is 24.5. The van der Waals surface area contributed by atoms with Crippen molar-refractivity contribution in [1.29, 1.82) is 0 Å². The van der Waals surface area contributed by atoms with Gasteiger partial charge in [0.15, 0.2) is 0 Å². The Balaban J connectivity index is 1.80. The largest absolute Gasteiger partial charge is 0.337 e. The van der Waals surface area contributed by atoms with Crippen LogP contribution in [0.2, 0.25) is 5.02 Å². The number of halogens is 1. The Morgan fingerprint density at radius 3 is 2.09 bits per heavy atom. The van der Waals surface area contributed by atoms with E-state index < -0.39 is 0 Å². The highest BCUT2D eigenvalue weighted by molar-refractivity contribution is 6.46. The van der Waals surface area contributed by atoms with Crippen molar-refractivity contribution in [2.75, 3.05) is 16.3 Å². The Morgan fingerprint density at radius 1 is 0.818 bits per heavy atom. The van der Waals surface area contributed by atoms with Crippen LogP contribution < -0.4 is 9.80 Å². The van der Waals surface area contributed by atoms with E-state index in [1.54, 1.807) is 24.3 Å². The summed E-state index contributed by atoms with van der Waals surface area (Å²) in [6.07, 6.45) is 3.21. The van der Waals surface area contributed by atoms with Crippen LogP contribution in [0.5, 0.6) is 0 Å². The average molecular weight is 459 g/mol. The lowest BCUT2D eigenvalue weighted by Crippen LogP contribution is -2.35. The van der Waals surface area contributed by atoms with E-state index in [1.165, 1.54) is 10.5 Å². The normalized spacial score (nSPS) is 13.7. The van der Waals surface area contributed by atoms with Gasteiger partial charge in [0, 0.05) is 17.3 Å². The maximum atomic E-state index is 13.8. The first-order chi connectivity index (χ1) is 16.0. The third kappa shape index (κ3) is 4.57. The first-order valence-electron chi connectivity index (χ1n) is 11.4. The zero-order valence-electron chi connectivity index (χ0n) is 18.9. The summed E-state index contributed by atoms with van der Waals surface area (Å²) in [5.41, 5.74) is 4.08. The van der Waals surface area contributed by atoms with Gasteiger partial charge in [-0.05, 0) is 67.3 Å². The highest BCUT2D eigenvalue weighted by Crippen LogP contribution is 2.37. The number of hydrogen-bond donors (Lipinski definition) is 0. The predicted molar refractivity (Wildman–Crippen MR) is 135 cm³/mol. The van der Waals surface area contributed by atoms with Gasteiger partial charge in [-0.25, -0.2) is 4.90 Å². The summed E-state index contributed by atoms with van der Waals surface area (Å²) in [5, 5.41) is 0.576. The minimum absolute atomic E-state index is 0.322. The summed E-state index contributed by atoms with van der Waals surface area (Å²) in [7, 11) is 0. The second kappa shape index (κ2) is 10.1. The molecule has 1 aliphatic rings. The van der Waals surface area contributed by atoms with Crippen LogP contribution in [-0.2, 0) is 16.0 Å². The van der Waals surface area contributed by atoms with Crippen molar-refractivity contribution in [2.45, 2.75) is 33.1 Å². The Labute approximate surface area is 200 Å². The molecule has 0 unspecified atom stereocenters. The molecule has 5 heteroatoms. The van der Waals surface area contributed by atoms with E-state index in [2.05, 4.69) is 6.92 Å². The molecule has 0 aromatic heterocycles. The molecule has 0 saturated heterocycles. The Morgan fingerprint density at radius 2 is 1.48 bits per heavy atom. The average Bonchev–Trinajstić information content (AvgIpc) is 3.10. The van der Waals surface area contributed by atoms with Crippen molar-refractivity contribution < 1.29 is 9.59 Å². The molecule has 3 aromatic rings. The molecule has 0 fully saturated rings. The molecule has 2 amide bonds. The fourth-order valence-corrected chi connectivity index (χ4v) is 4.28. The van der Waals surface area contributed by atoms with Gasteiger partial charge < -0.3 is 4.90 Å². The third-order valence-corrected chi connectivity index (χ3v) is 6.11. The zero-order valence-corrected chi connectivity index (χ0v) is 19.7. The number of para-hydroxylation sites is 1. The monoisotopic (exact) mass is 458 g/mol. The highest BCUT2D eigenvalue weighted by atomic mass is 35.5. The lowest BCUT2D eigenvalue weighted by molar-refractivity contribution is -0.120. The van der Waals surface area contributed by atoms with Gasteiger partial charge >= 0.3 is 0 Å². The van der Waals surface area contributed by atoms with Crippen molar-refractivity contribution in [3.05, 3.63) is 101 Å². The van der Waals surface area contributed by atoms with Crippen LogP contribution in [0.4, 0.5) is 11.4 Å². The minimum Gasteiger partial charge on any atom is -0.337 e. The molecule has 3 aromatic carbocycles. The predicted octanol–water partition coefficient (Wildman–Crippen LogP) is 6.49. The third-order valence-electron chi connectivity index (χ3n) is 5.86. The molecule has 4 nitrogen and oxygen atoms in total. The van der Waals surface area contributed by atoms with E-state index in [0.717, 1.165) is 24.9 Å². The van der Waals surface area contributed by atoms with Crippen LogP contribution >= 0.6 is 11.6 Å². The standard InChI is InChI=1S/C28H27ClN2O2/c1-3-5-9-20-12-18-24(19-13-20)31-27(32)25(21-14-16-22(29)17-15-21)26(28(31)33)30(4-2)23-10-7-6-8-11-23/h6-8,10-19H,3-5,9H2,1-2H3. The van der Waals surface area contributed by atoms with Crippen LogP contribution in [0.15, 0.2) is 84.6 Å². The van der Waals surface area contributed by atoms with Gasteiger partial charge in [0.25, 0.3) is 11.8 Å². The van der Waals surface area contributed by atoms with Crippen LogP contribution in [0.25, 0.3) is 5.57 Å². The van der Waals surface area contributed by atoms with Crippen LogP contribution in [-0.4, -0.2) is 18.4 Å². The number of carbonyl (C=O) groups excluding carboxylic acids is 2. The quantitative estimate of drug-likeness (QED) is 0.362. The maximum Gasteiger partial charge on any atom is 0.282 e. The van der Waals surface area contributed by atoms with Crippen molar-refractivity contribution in [3.8, 4) is 0 Å². The summed E-state index contributed by atoms with van der Waals surface area (Å²) in [6.45, 7) is 4.68. The molecule has 0 atom stereocenters. The number of amides is 2. The molecule has 0 bridgehead atoms. The summed E-state index contributed by atoms with van der Waals surface area (Å²) in [4.78, 5) is 30.7. The molecule has 33 heavy (non-hydrogen) atoms. The Hall–Kier alpha value is -3.37. The lowest BCUT2D eigenvalue weighted by atomic mass is 10.0. The van der Waals surface area contributed by atoms with Crippen LogP contribution in [0, 0.1) is 0 Å². The number of nitrogens with zero attached hydrogens (tertiary/aromatic N) is 2. The number of benzene rings is 3. The number of anilines is 2. The van der Waals surface area contributed by atoms with E-state index in [9.17, 15) is 9.59 Å². The fraction of sp³-hybridized carbons (Fsp3) is 0.214. The molecule has 0 N–H and O–H groups in total. The van der Waals surface area contributed by atoms with Crippen molar-refractivity contribution in [3.63, 3.8) is 0 Å². The second-order valence-corrected chi connectivity index (χ2v) is 8.46. The number of aryl methyl sites for hydroxylation is 1. The molecular weight excluding hydrogens is 432 g/mol. The van der Waals surface area contributed by atoms with E-state index in [1.807, 2.05) is 66.4 Å². The topological polar surface area (TPSA) is 40.6 Å². The molecule has 1 aliphatic heterocycles. The van der Waals surface area contributed by atoms with Gasteiger partial charge in [-0.2, -0.15) is 0 Å². The van der Waals surface area contributed by atoms with Gasteiger partial charge in [-0.15, -0.1) is 0 Å². The van der Waals surface area contributed by atoms with E-state index in [4.69, 9.17) is 11.6 Å². The second-order valence-electron chi connectivity index (χ2n) is 8.03. The van der Waals surface area contributed by atoms with Crippen molar-refractivity contribution in [1.82, 2.24) is 0 Å². The first kappa shape index (κ1) is 22.8. The molecule has 168 valence electrons. The minimum atomic E-state index is -0.326. The van der Waals surface area contributed by atoms with Crippen LogP contribution in [0.1, 0.15) is 37.8 Å². The number of hydrogen-bond acceptors (Lipinski definition) is 3. The number of likely N-dealkylation sites (N-methyl/N-ethyl adjacent to an activating group) is 1. The summed E-state index contributed by atoms with van der Waals surface area (Å²) < 4.78 is 0. The van der Waals surface area contributed by atoms with E-state index >= 15 is 0 Å². The SMILES string of the molecule is CCCCc1ccc(N2C(=O)C(c3ccc(Cl)cc3)=C(N(CC)c3ccccc3)C2=O)cc1. The Kier molecular flexibility index (Phi) is 6.95. The number of unbranched alkanes of at least 4 members (excludes halogenated alkanes) is 1. The van der Waals surface area contributed by atoms with Gasteiger partial charge in [-0.1, -0.05) is 67.4 Å². The van der Waals surface area contributed by atoms with Gasteiger partial charge in [0.1, 0.15) is 5.70 Å². The molecule has 0 radical (unpaired) electrons. The number of imide groups is 1. The highest BCUT2D eigenvalue weighted by Gasteiger charge is 2.42. The van der Waals surface area contributed by atoms with E-state index in [0.29, 0.717) is 34.1 Å². The van der Waals surface area contributed by atoms with Crippen molar-refractivity contribution >= 4 is 40.4 Å². The summed E-state index contributed by atoms with van der Waals surface area (Å²) >= 11 is 6.09. The Bertz CT molecular complexity index is 1170. The molecule has 0 aliphatic carbocycles. The van der Waals surface area contributed by atoms with E-state index in [-0.39, 0.29) is 11.8 Å². The molecular formula is C28H27ClN2O2. The van der Waals surface area contributed by atoms with Crippen LogP contribution in [0.3, 0.4) is 0 Å². The van der Waals surface area contributed by atoms with Gasteiger partial charge in [-0.3, -0.25) is 9.59 Å². The van der Waals surface area contributed by atoms with Gasteiger partial charge in [0.2, 0.25) is 0 Å². The summed E-state index contributed by atoms with van der Waals surface area (Å²) in [5.74, 6) is -0.648. The molecule has 1 heterocycles. The molecule has 0 saturated carbocycles. The van der Waals surface area contributed by atoms with Gasteiger partial charge in [0.05, 0.1) is 11.3 Å². The maximum absolute atomic E-state index is 13.8.